The fraction of sp³-hybridized carbons (Fsp3) is 1.00. The molecule has 0 aromatic carbocycles. The van der Waals surface area contributed by atoms with Crippen LogP contribution in [0.1, 0.15) is 39.0 Å². The van der Waals surface area contributed by atoms with Gasteiger partial charge in [-0.05, 0) is 6.42 Å². The largest absolute Gasteiger partial charge is 0.378 e. The fourth-order valence-corrected chi connectivity index (χ4v) is 1.04. The maximum Gasteiger partial charge on any atom is 0.155 e. The first-order chi connectivity index (χ1) is 6.41. The van der Waals surface area contributed by atoms with Gasteiger partial charge in [-0.3, -0.25) is 0 Å². The molecule has 0 aliphatic carbocycles. The average molecular weight is 189 g/mol. The molecule has 0 rings (SSSR count). The summed E-state index contributed by atoms with van der Waals surface area (Å²) in [7, 11) is 0. The Labute approximate surface area is 79.5 Å². The monoisotopic (exact) mass is 189 g/mol. The minimum Gasteiger partial charge on any atom is -0.378 e. The van der Waals surface area contributed by atoms with E-state index in [9.17, 15) is 4.91 Å². The summed E-state index contributed by atoms with van der Waals surface area (Å²) in [6.07, 6.45) is 6.17. The van der Waals surface area contributed by atoms with Crippen molar-refractivity contribution in [2.24, 2.45) is 5.34 Å². The van der Waals surface area contributed by atoms with Crippen LogP contribution < -0.4 is 0 Å². The molecule has 0 heterocycles. The van der Waals surface area contributed by atoms with Crippen molar-refractivity contribution in [2.45, 2.75) is 39.0 Å². The third-order valence-electron chi connectivity index (χ3n) is 1.76. The second kappa shape index (κ2) is 11.4. The van der Waals surface area contributed by atoms with Gasteiger partial charge in [0.15, 0.2) is 5.34 Å². The van der Waals surface area contributed by atoms with Crippen molar-refractivity contribution in [3.63, 3.8) is 0 Å². The third-order valence-corrected chi connectivity index (χ3v) is 1.76. The van der Waals surface area contributed by atoms with Crippen LogP contribution in [0, 0.1) is 4.91 Å². The highest BCUT2D eigenvalue weighted by molar-refractivity contribution is 4.41. The Bertz CT molecular complexity index is 109. The number of hydrogen-bond acceptors (Lipinski definition) is 4. The molecule has 0 unspecified atom stereocenters. The lowest BCUT2D eigenvalue weighted by Gasteiger charge is -2.01. The van der Waals surface area contributed by atoms with Crippen LogP contribution in [0.25, 0.3) is 0 Å². The predicted molar refractivity (Wildman–Crippen MR) is 51.3 cm³/mol. The van der Waals surface area contributed by atoms with E-state index in [1.54, 1.807) is 0 Å². The molecule has 0 aromatic heterocycles. The molecule has 4 nitrogen and oxygen atoms in total. The molecule has 0 aromatic rings. The summed E-state index contributed by atoms with van der Waals surface area (Å²) < 4.78 is 5.19. The maximum absolute atomic E-state index is 9.48. The van der Waals surface area contributed by atoms with Gasteiger partial charge in [-0.1, -0.05) is 32.6 Å². The molecule has 4 heteroatoms. The lowest BCUT2D eigenvalue weighted by atomic mass is 10.2. The van der Waals surface area contributed by atoms with Crippen LogP contribution in [0.2, 0.25) is 0 Å². The molecule has 13 heavy (non-hydrogen) atoms. The van der Waals surface area contributed by atoms with E-state index in [1.165, 1.54) is 25.7 Å². The van der Waals surface area contributed by atoms with Crippen LogP contribution >= 0.6 is 0 Å². The van der Waals surface area contributed by atoms with Crippen LogP contribution in [-0.4, -0.2) is 19.8 Å². The molecule has 0 spiro atoms. The Morgan fingerprint density at radius 2 is 1.77 bits per heavy atom. The summed E-state index contributed by atoms with van der Waals surface area (Å²) in [6.45, 7) is 3.67. The minimum absolute atomic E-state index is 0.262. The Kier molecular flexibility index (Phi) is 10.8. The van der Waals surface area contributed by atoms with Gasteiger partial charge in [0.2, 0.25) is 0 Å². The van der Waals surface area contributed by atoms with Crippen molar-refractivity contribution in [1.29, 1.82) is 0 Å². The van der Waals surface area contributed by atoms with Gasteiger partial charge >= 0.3 is 0 Å². The van der Waals surface area contributed by atoms with Gasteiger partial charge in [-0.25, -0.2) is 0 Å². The quantitative estimate of drug-likeness (QED) is 0.301. The Morgan fingerprint density at radius 3 is 2.46 bits per heavy atom. The van der Waals surface area contributed by atoms with Gasteiger partial charge in [0.25, 0.3) is 0 Å². The Morgan fingerprint density at radius 1 is 1.00 bits per heavy atom. The third kappa shape index (κ3) is 11.4. The van der Waals surface area contributed by atoms with E-state index >= 15 is 0 Å². The van der Waals surface area contributed by atoms with Gasteiger partial charge in [0.1, 0.15) is 6.61 Å². The van der Waals surface area contributed by atoms with Crippen molar-refractivity contribution < 1.29 is 9.57 Å². The standard InChI is InChI=1S/C9H19NO3/c1-2-3-4-5-6-7-12-8-9-13-10-11/h2-9H2,1H3. The van der Waals surface area contributed by atoms with Crippen LogP contribution in [0.4, 0.5) is 0 Å². The second-order valence-corrected chi connectivity index (χ2v) is 2.93. The van der Waals surface area contributed by atoms with E-state index in [-0.39, 0.29) is 6.61 Å². The zero-order valence-corrected chi connectivity index (χ0v) is 8.33. The Hall–Kier alpha value is -0.640. The maximum atomic E-state index is 9.48. The molecule has 78 valence electrons. The zero-order valence-electron chi connectivity index (χ0n) is 8.33. The van der Waals surface area contributed by atoms with Gasteiger partial charge in [-0.2, -0.15) is 0 Å². The summed E-state index contributed by atoms with van der Waals surface area (Å²) in [4.78, 5) is 13.7. The highest BCUT2D eigenvalue weighted by Gasteiger charge is 1.90. The topological polar surface area (TPSA) is 47.9 Å². The summed E-state index contributed by atoms with van der Waals surface area (Å²) in [5.41, 5.74) is 0. The summed E-state index contributed by atoms with van der Waals surface area (Å²) in [5.74, 6) is 0. The van der Waals surface area contributed by atoms with Crippen molar-refractivity contribution in [2.75, 3.05) is 19.8 Å². The molecular weight excluding hydrogens is 170 g/mol. The molecule has 0 amide bonds. The van der Waals surface area contributed by atoms with Gasteiger partial charge in [0.05, 0.1) is 6.61 Å². The number of ether oxygens (including phenoxy) is 1. The van der Waals surface area contributed by atoms with Crippen molar-refractivity contribution in [3.8, 4) is 0 Å². The molecule has 0 saturated carbocycles. The predicted octanol–water partition coefficient (Wildman–Crippen LogP) is 2.67. The molecule has 0 bridgehead atoms. The molecule has 0 radical (unpaired) electrons. The van der Waals surface area contributed by atoms with E-state index in [1.807, 2.05) is 0 Å². The van der Waals surface area contributed by atoms with E-state index in [0.29, 0.717) is 6.61 Å². The molecule has 0 saturated heterocycles. The van der Waals surface area contributed by atoms with Crippen molar-refractivity contribution in [3.05, 3.63) is 4.91 Å². The van der Waals surface area contributed by atoms with Gasteiger partial charge in [0, 0.05) is 6.61 Å². The minimum atomic E-state index is 0.262. The lowest BCUT2D eigenvalue weighted by Crippen LogP contribution is -2.02. The molecule has 0 N–H and O–H groups in total. The fourth-order valence-electron chi connectivity index (χ4n) is 1.04. The SMILES string of the molecule is CCCCCCCOCCON=O. The van der Waals surface area contributed by atoms with E-state index in [0.717, 1.165) is 13.0 Å². The van der Waals surface area contributed by atoms with E-state index in [4.69, 9.17) is 4.74 Å². The first-order valence-electron chi connectivity index (χ1n) is 4.94. The van der Waals surface area contributed by atoms with Crippen LogP contribution in [0.3, 0.4) is 0 Å². The smallest absolute Gasteiger partial charge is 0.155 e. The van der Waals surface area contributed by atoms with Gasteiger partial charge in [-0.15, -0.1) is 4.91 Å². The molecule has 0 fully saturated rings. The average Bonchev–Trinajstić information content (AvgIpc) is 2.16. The molecule has 0 aliphatic heterocycles. The van der Waals surface area contributed by atoms with Crippen LogP contribution in [0.15, 0.2) is 5.34 Å². The highest BCUT2D eigenvalue weighted by Crippen LogP contribution is 2.01. The lowest BCUT2D eigenvalue weighted by molar-refractivity contribution is 0.0473. The van der Waals surface area contributed by atoms with Crippen molar-refractivity contribution >= 4 is 0 Å². The first-order valence-corrected chi connectivity index (χ1v) is 4.94. The second-order valence-electron chi connectivity index (χ2n) is 2.93. The zero-order chi connectivity index (χ0) is 9.78. The summed E-state index contributed by atoms with van der Waals surface area (Å²) in [5, 5.41) is 2.26. The summed E-state index contributed by atoms with van der Waals surface area (Å²) in [6, 6.07) is 0. The van der Waals surface area contributed by atoms with Crippen LogP contribution in [-0.2, 0) is 9.57 Å². The van der Waals surface area contributed by atoms with Gasteiger partial charge < -0.3 is 9.57 Å². The van der Waals surface area contributed by atoms with Crippen LogP contribution in [0.5, 0.6) is 0 Å². The molecule has 0 atom stereocenters. The molecular formula is C9H19NO3. The van der Waals surface area contributed by atoms with E-state index in [2.05, 4.69) is 17.1 Å². The number of unbranched alkanes of at least 4 members (excludes halogenated alkanes) is 4. The number of rotatable bonds is 10. The van der Waals surface area contributed by atoms with E-state index < -0.39 is 0 Å². The Balaban J connectivity index is 2.79. The highest BCUT2D eigenvalue weighted by atomic mass is 16.7. The number of hydrogen-bond donors (Lipinski definition) is 0. The summed E-state index contributed by atoms with van der Waals surface area (Å²) >= 11 is 0. The normalized spacial score (nSPS) is 9.92. The first kappa shape index (κ1) is 12.4. The van der Waals surface area contributed by atoms with Crippen molar-refractivity contribution in [1.82, 2.24) is 0 Å². The number of nitrogens with zero attached hydrogens (tertiary/aromatic N) is 1. The molecule has 0 aliphatic rings.